The van der Waals surface area contributed by atoms with E-state index in [1.165, 1.54) is 0 Å². The number of nitrogens with zero attached hydrogens (tertiary/aromatic N) is 1. The molecule has 1 aliphatic heterocycles. The van der Waals surface area contributed by atoms with Gasteiger partial charge < -0.3 is 5.32 Å². The maximum Gasteiger partial charge on any atom is 0.325 e. The topological polar surface area (TPSA) is 134 Å². The molecule has 0 spiro atoms. The fourth-order valence-electron chi connectivity index (χ4n) is 3.10. The van der Waals surface area contributed by atoms with E-state index in [1.54, 1.807) is 6.07 Å². The molecule has 0 saturated carbocycles. The second-order valence-electron chi connectivity index (χ2n) is 6.89. The highest BCUT2D eigenvalue weighted by molar-refractivity contribution is 7.87. The molecule has 10 heteroatoms. The number of hydrogen-bond donors (Lipinski definition) is 4. The minimum absolute atomic E-state index is 0.0755. The van der Waals surface area contributed by atoms with E-state index >= 15 is 0 Å². The minimum atomic E-state index is -3.72. The van der Waals surface area contributed by atoms with Gasteiger partial charge in [0.05, 0.1) is 6.54 Å². The van der Waals surface area contributed by atoms with Crippen molar-refractivity contribution in [1.29, 1.82) is 0 Å². The number of anilines is 1. The summed E-state index contributed by atoms with van der Waals surface area (Å²) in [5.41, 5.74) is 2.65. The second kappa shape index (κ2) is 9.27. The van der Waals surface area contributed by atoms with Gasteiger partial charge in [-0.25, -0.2) is 14.7 Å². The van der Waals surface area contributed by atoms with Crippen LogP contribution in [0.15, 0.2) is 18.2 Å². The summed E-state index contributed by atoms with van der Waals surface area (Å²) >= 11 is 0. The standard InChI is InChI=1S/C17H27N5O4S/c1-12-5-3-7-15(13(12)2)20-17(24)21-16(23)11-22-8-4-6-14(10-22)9-19-27(18,25)26/h3,5,7,14,19H,4,6,8-11H2,1-2H3,(H2,18,25,26)(H2,20,21,23,24). The Morgan fingerprint density at radius 3 is 2.74 bits per heavy atom. The molecule has 9 nitrogen and oxygen atoms in total. The molecular weight excluding hydrogens is 370 g/mol. The molecule has 1 unspecified atom stereocenters. The van der Waals surface area contributed by atoms with Crippen molar-refractivity contribution in [3.05, 3.63) is 29.3 Å². The van der Waals surface area contributed by atoms with Crippen LogP contribution in [-0.2, 0) is 15.0 Å². The zero-order valence-corrected chi connectivity index (χ0v) is 16.4. The van der Waals surface area contributed by atoms with Crippen LogP contribution in [0.25, 0.3) is 0 Å². The molecule has 1 fully saturated rings. The van der Waals surface area contributed by atoms with Gasteiger partial charge in [-0.05, 0) is 56.3 Å². The summed E-state index contributed by atoms with van der Waals surface area (Å²) in [6.07, 6.45) is 1.70. The molecule has 150 valence electrons. The van der Waals surface area contributed by atoms with Crippen LogP contribution < -0.4 is 20.5 Å². The highest BCUT2D eigenvalue weighted by atomic mass is 32.2. The third kappa shape index (κ3) is 7.25. The Hall–Kier alpha value is -2.01. The fraction of sp³-hybridized carbons (Fsp3) is 0.529. The Kier molecular flexibility index (Phi) is 7.31. The minimum Gasteiger partial charge on any atom is -0.307 e. The summed E-state index contributed by atoms with van der Waals surface area (Å²) in [4.78, 5) is 26.1. The Morgan fingerprint density at radius 2 is 2.04 bits per heavy atom. The van der Waals surface area contributed by atoms with Crippen molar-refractivity contribution < 1.29 is 18.0 Å². The number of urea groups is 1. The number of aryl methyl sites for hydroxylation is 1. The molecule has 0 aromatic heterocycles. The van der Waals surface area contributed by atoms with Gasteiger partial charge in [-0.1, -0.05) is 12.1 Å². The molecule has 0 aliphatic carbocycles. The average molecular weight is 398 g/mol. The van der Waals surface area contributed by atoms with Crippen LogP contribution in [-0.4, -0.2) is 51.4 Å². The van der Waals surface area contributed by atoms with Crippen LogP contribution in [0.4, 0.5) is 10.5 Å². The van der Waals surface area contributed by atoms with E-state index in [4.69, 9.17) is 5.14 Å². The van der Waals surface area contributed by atoms with E-state index in [9.17, 15) is 18.0 Å². The summed E-state index contributed by atoms with van der Waals surface area (Å²) in [7, 11) is -3.72. The third-order valence-corrected chi connectivity index (χ3v) is 5.22. The van der Waals surface area contributed by atoms with Gasteiger partial charge in [-0.2, -0.15) is 8.42 Å². The summed E-state index contributed by atoms with van der Waals surface area (Å²) in [5, 5.41) is 9.96. The largest absolute Gasteiger partial charge is 0.325 e. The van der Waals surface area contributed by atoms with Gasteiger partial charge in [-0.15, -0.1) is 0 Å². The molecule has 5 N–H and O–H groups in total. The smallest absolute Gasteiger partial charge is 0.307 e. The zero-order chi connectivity index (χ0) is 20.0. The molecule has 27 heavy (non-hydrogen) atoms. The van der Waals surface area contributed by atoms with Crippen LogP contribution in [0, 0.1) is 19.8 Å². The molecule has 2 rings (SSSR count). The predicted octanol–water partition coefficient (Wildman–Crippen LogP) is 0.457. The van der Waals surface area contributed by atoms with E-state index in [0.717, 1.165) is 30.5 Å². The average Bonchev–Trinajstić information content (AvgIpc) is 2.57. The lowest BCUT2D eigenvalue weighted by Crippen LogP contribution is -2.47. The first-order valence-electron chi connectivity index (χ1n) is 8.81. The summed E-state index contributed by atoms with van der Waals surface area (Å²) in [6, 6.07) is 4.99. The number of nitrogens with two attached hydrogens (primary N) is 1. The van der Waals surface area contributed by atoms with Crippen LogP contribution in [0.5, 0.6) is 0 Å². The maximum absolute atomic E-state index is 12.1. The number of amides is 3. The molecular formula is C17H27N5O4S. The van der Waals surface area contributed by atoms with Gasteiger partial charge >= 0.3 is 6.03 Å². The number of carbonyl (C=O) groups is 2. The predicted molar refractivity (Wildman–Crippen MR) is 103 cm³/mol. The molecule has 1 aliphatic rings. The third-order valence-electron chi connectivity index (χ3n) is 4.65. The normalized spacial score (nSPS) is 18.1. The van der Waals surface area contributed by atoms with Gasteiger partial charge in [0.2, 0.25) is 5.91 Å². The maximum atomic E-state index is 12.1. The van der Waals surface area contributed by atoms with Gasteiger partial charge in [-0.3, -0.25) is 15.0 Å². The first kappa shape index (κ1) is 21.3. The lowest BCUT2D eigenvalue weighted by Gasteiger charge is -2.32. The Balaban J connectivity index is 1.80. The van der Waals surface area contributed by atoms with Crippen molar-refractivity contribution in [3.8, 4) is 0 Å². The van der Waals surface area contributed by atoms with E-state index in [2.05, 4.69) is 15.4 Å². The first-order chi connectivity index (χ1) is 12.6. The monoisotopic (exact) mass is 397 g/mol. The highest BCUT2D eigenvalue weighted by Gasteiger charge is 2.23. The Morgan fingerprint density at radius 1 is 1.30 bits per heavy atom. The van der Waals surface area contributed by atoms with Crippen LogP contribution in [0.3, 0.4) is 0 Å². The SMILES string of the molecule is Cc1cccc(NC(=O)NC(=O)CN2CCCC(CNS(N)(=O)=O)C2)c1C. The Labute approximate surface area is 159 Å². The van der Waals surface area contributed by atoms with Crippen molar-refractivity contribution in [2.45, 2.75) is 26.7 Å². The second-order valence-corrected chi connectivity index (χ2v) is 8.27. The van der Waals surface area contributed by atoms with Crippen LogP contribution in [0.1, 0.15) is 24.0 Å². The van der Waals surface area contributed by atoms with Crippen molar-refractivity contribution in [2.75, 3.05) is 31.5 Å². The van der Waals surface area contributed by atoms with Gasteiger partial charge in [0.15, 0.2) is 0 Å². The number of benzene rings is 1. The first-order valence-corrected chi connectivity index (χ1v) is 10.4. The summed E-state index contributed by atoms with van der Waals surface area (Å²) < 4.78 is 24.3. The van der Waals surface area contributed by atoms with Crippen molar-refractivity contribution in [3.63, 3.8) is 0 Å². The van der Waals surface area contributed by atoms with Gasteiger partial charge in [0, 0.05) is 18.8 Å². The van der Waals surface area contributed by atoms with E-state index in [-0.39, 0.29) is 19.0 Å². The fourth-order valence-corrected chi connectivity index (χ4v) is 3.57. The van der Waals surface area contributed by atoms with Crippen molar-refractivity contribution in [1.82, 2.24) is 14.9 Å². The van der Waals surface area contributed by atoms with Crippen LogP contribution >= 0.6 is 0 Å². The number of imide groups is 1. The number of hydrogen-bond acceptors (Lipinski definition) is 5. The number of nitrogens with one attached hydrogen (secondary N) is 3. The molecule has 3 amide bonds. The quantitative estimate of drug-likeness (QED) is 0.553. The highest BCUT2D eigenvalue weighted by Crippen LogP contribution is 2.18. The van der Waals surface area contributed by atoms with Gasteiger partial charge in [0.1, 0.15) is 0 Å². The van der Waals surface area contributed by atoms with Gasteiger partial charge in [0.25, 0.3) is 10.2 Å². The molecule has 0 bridgehead atoms. The van der Waals surface area contributed by atoms with E-state index < -0.39 is 22.1 Å². The molecule has 1 aromatic carbocycles. The molecule has 1 aromatic rings. The van der Waals surface area contributed by atoms with Crippen molar-refractivity contribution >= 4 is 27.8 Å². The number of likely N-dealkylation sites (tertiary alicyclic amines) is 1. The zero-order valence-electron chi connectivity index (χ0n) is 15.6. The summed E-state index contributed by atoms with van der Waals surface area (Å²) in [6.45, 7) is 5.44. The van der Waals surface area contributed by atoms with E-state index in [1.807, 2.05) is 30.9 Å². The number of carbonyl (C=O) groups excluding carboxylic acids is 2. The number of piperidine rings is 1. The molecule has 0 radical (unpaired) electrons. The summed E-state index contributed by atoms with van der Waals surface area (Å²) in [5.74, 6) is -0.327. The lowest BCUT2D eigenvalue weighted by molar-refractivity contribution is -0.121. The molecule has 1 saturated heterocycles. The van der Waals surface area contributed by atoms with Crippen LogP contribution in [0.2, 0.25) is 0 Å². The van der Waals surface area contributed by atoms with Crippen molar-refractivity contribution in [2.24, 2.45) is 11.1 Å². The lowest BCUT2D eigenvalue weighted by atomic mass is 9.98. The van der Waals surface area contributed by atoms with E-state index in [0.29, 0.717) is 12.2 Å². The molecule has 1 atom stereocenters. The molecule has 1 heterocycles. The number of rotatable bonds is 6. The Bertz CT molecular complexity index is 797.